The molecule has 5 nitrogen and oxygen atoms in total. The van der Waals surface area contributed by atoms with Crippen LogP contribution in [0.4, 0.5) is 0 Å². The highest BCUT2D eigenvalue weighted by Gasteiger charge is 2.06. The third kappa shape index (κ3) is 1.01. The highest BCUT2D eigenvalue weighted by atomic mass is 16.5. The molecule has 12 heavy (non-hydrogen) atoms. The molecule has 0 fully saturated rings. The average molecular weight is 162 g/mol. The monoisotopic (exact) mass is 162 g/mol. The van der Waals surface area contributed by atoms with Gasteiger partial charge in [-0.15, -0.1) is 0 Å². The van der Waals surface area contributed by atoms with Gasteiger partial charge >= 0.3 is 0 Å². The molecule has 2 aromatic heterocycles. The van der Waals surface area contributed by atoms with Crippen LogP contribution in [0.2, 0.25) is 0 Å². The molecule has 5 heteroatoms. The van der Waals surface area contributed by atoms with Gasteiger partial charge in [0.05, 0.1) is 0 Å². The molecule has 0 unspecified atom stereocenters. The lowest BCUT2D eigenvalue weighted by atomic mass is 10.6. The quantitative estimate of drug-likeness (QED) is 0.718. The summed E-state index contributed by atoms with van der Waals surface area (Å²) in [6.45, 7) is 3.50. The topological polar surface area (TPSA) is 67.6 Å². The van der Waals surface area contributed by atoms with Crippen LogP contribution in [0.3, 0.4) is 0 Å². The molecule has 0 amide bonds. The Labute approximate surface area is 68.1 Å². The fraction of sp³-hybridized carbons (Fsp3) is 0. The fourth-order valence-electron chi connectivity index (χ4n) is 0.802. The Morgan fingerprint density at radius 1 is 1.58 bits per heavy atom. The van der Waals surface area contributed by atoms with Crippen molar-refractivity contribution in [3.05, 3.63) is 24.9 Å². The maximum atomic E-state index is 4.80. The Morgan fingerprint density at radius 2 is 2.50 bits per heavy atom. The van der Waals surface area contributed by atoms with E-state index >= 15 is 0 Å². The number of nitrogens with zero attached hydrogens (tertiary/aromatic N) is 3. The Balaban J connectivity index is 2.41. The van der Waals surface area contributed by atoms with Gasteiger partial charge in [0, 0.05) is 12.4 Å². The maximum Gasteiger partial charge on any atom is 0.250 e. The summed E-state index contributed by atoms with van der Waals surface area (Å²) in [6, 6.07) is 0. The van der Waals surface area contributed by atoms with Crippen molar-refractivity contribution in [2.45, 2.75) is 0 Å². The van der Waals surface area contributed by atoms with Crippen LogP contribution in [-0.2, 0) is 0 Å². The maximum absolute atomic E-state index is 4.80. The second-order valence-corrected chi connectivity index (χ2v) is 2.10. The summed E-state index contributed by atoms with van der Waals surface area (Å²) in [4.78, 5) is 10.8. The van der Waals surface area contributed by atoms with E-state index in [1.807, 2.05) is 0 Å². The Bertz CT molecular complexity index is 376. The minimum absolute atomic E-state index is 0.390. The molecule has 60 valence electrons. The van der Waals surface area contributed by atoms with Crippen LogP contribution in [0.15, 0.2) is 23.5 Å². The van der Waals surface area contributed by atoms with Crippen molar-refractivity contribution < 1.29 is 4.52 Å². The largest absolute Gasteiger partial charge is 0.342 e. The van der Waals surface area contributed by atoms with Gasteiger partial charge < -0.3 is 9.51 Å². The second-order valence-electron chi connectivity index (χ2n) is 2.10. The van der Waals surface area contributed by atoms with E-state index in [1.165, 1.54) is 6.08 Å². The summed E-state index contributed by atoms with van der Waals surface area (Å²) in [6.07, 6.45) is 4.80. The molecule has 0 aliphatic rings. The van der Waals surface area contributed by atoms with Crippen LogP contribution in [0.25, 0.3) is 17.7 Å². The first kappa shape index (κ1) is 6.78. The number of hydrogen-bond acceptors (Lipinski definition) is 4. The summed E-state index contributed by atoms with van der Waals surface area (Å²) in [7, 11) is 0. The third-order valence-electron chi connectivity index (χ3n) is 1.33. The summed E-state index contributed by atoms with van der Waals surface area (Å²) < 4.78 is 4.80. The summed E-state index contributed by atoms with van der Waals surface area (Å²) in [5.74, 6) is 1.42. The van der Waals surface area contributed by atoms with Gasteiger partial charge in [0.2, 0.25) is 11.7 Å². The van der Waals surface area contributed by atoms with Crippen molar-refractivity contribution in [1.82, 2.24) is 20.1 Å². The van der Waals surface area contributed by atoms with E-state index in [4.69, 9.17) is 4.52 Å². The summed E-state index contributed by atoms with van der Waals surface area (Å²) >= 11 is 0. The van der Waals surface area contributed by atoms with Gasteiger partial charge in [-0.2, -0.15) is 4.98 Å². The first-order valence-electron chi connectivity index (χ1n) is 3.36. The molecule has 0 atom stereocenters. The Morgan fingerprint density at radius 3 is 3.08 bits per heavy atom. The molecule has 0 aromatic carbocycles. The van der Waals surface area contributed by atoms with Crippen LogP contribution < -0.4 is 0 Å². The van der Waals surface area contributed by atoms with Crippen molar-refractivity contribution in [2.24, 2.45) is 0 Å². The van der Waals surface area contributed by atoms with E-state index in [2.05, 4.69) is 26.7 Å². The van der Waals surface area contributed by atoms with Crippen molar-refractivity contribution in [1.29, 1.82) is 0 Å². The van der Waals surface area contributed by atoms with E-state index < -0.39 is 0 Å². The van der Waals surface area contributed by atoms with Crippen LogP contribution in [0, 0.1) is 0 Å². The third-order valence-corrected chi connectivity index (χ3v) is 1.33. The number of rotatable bonds is 2. The molecule has 0 aliphatic carbocycles. The molecular weight excluding hydrogens is 156 g/mol. The van der Waals surface area contributed by atoms with Gasteiger partial charge in [0.1, 0.15) is 0 Å². The molecular formula is C7H6N4O. The fourth-order valence-corrected chi connectivity index (χ4v) is 0.802. The van der Waals surface area contributed by atoms with E-state index in [-0.39, 0.29) is 0 Å². The number of aromatic amines is 1. The Hall–Kier alpha value is -1.91. The van der Waals surface area contributed by atoms with Crippen molar-refractivity contribution in [3.8, 4) is 11.6 Å². The van der Waals surface area contributed by atoms with Gasteiger partial charge in [-0.25, -0.2) is 4.98 Å². The van der Waals surface area contributed by atoms with Crippen molar-refractivity contribution in [2.75, 3.05) is 0 Å². The number of aromatic nitrogens is 4. The first-order valence-corrected chi connectivity index (χ1v) is 3.36. The van der Waals surface area contributed by atoms with Gasteiger partial charge in [-0.1, -0.05) is 11.7 Å². The standard InChI is InChI=1S/C7H6N4O/c1-2-5-10-7(11-12-5)6-8-3-4-9-6/h2-4H,1H2,(H,8,9). The van der Waals surface area contributed by atoms with E-state index in [0.29, 0.717) is 17.5 Å². The lowest BCUT2D eigenvalue weighted by Crippen LogP contribution is -1.81. The molecule has 0 saturated carbocycles. The highest BCUT2D eigenvalue weighted by molar-refractivity contribution is 5.44. The van der Waals surface area contributed by atoms with E-state index in [9.17, 15) is 0 Å². The molecule has 0 aliphatic heterocycles. The number of hydrogen-bond donors (Lipinski definition) is 1. The van der Waals surface area contributed by atoms with E-state index in [1.54, 1.807) is 12.4 Å². The number of imidazole rings is 1. The van der Waals surface area contributed by atoms with Crippen LogP contribution in [-0.4, -0.2) is 20.1 Å². The highest BCUT2D eigenvalue weighted by Crippen LogP contribution is 2.09. The summed E-state index contributed by atoms with van der Waals surface area (Å²) in [5.41, 5.74) is 0. The van der Waals surface area contributed by atoms with Gasteiger partial charge in [-0.3, -0.25) is 0 Å². The average Bonchev–Trinajstić information content (AvgIpc) is 2.75. The lowest BCUT2D eigenvalue weighted by Gasteiger charge is -1.80. The zero-order chi connectivity index (χ0) is 8.39. The smallest absolute Gasteiger partial charge is 0.250 e. The predicted molar refractivity (Wildman–Crippen MR) is 42.0 cm³/mol. The molecule has 0 spiro atoms. The molecule has 0 saturated heterocycles. The number of H-pyrrole nitrogens is 1. The minimum Gasteiger partial charge on any atom is -0.342 e. The predicted octanol–water partition coefficient (Wildman–Crippen LogP) is 1.10. The molecule has 2 heterocycles. The Kier molecular flexibility index (Phi) is 1.48. The van der Waals surface area contributed by atoms with E-state index in [0.717, 1.165) is 0 Å². The van der Waals surface area contributed by atoms with Gasteiger partial charge in [-0.05, 0) is 6.08 Å². The zero-order valence-electron chi connectivity index (χ0n) is 6.19. The number of nitrogens with one attached hydrogen (secondary N) is 1. The van der Waals surface area contributed by atoms with Crippen LogP contribution in [0.5, 0.6) is 0 Å². The zero-order valence-corrected chi connectivity index (χ0v) is 6.19. The lowest BCUT2D eigenvalue weighted by molar-refractivity contribution is 0.411. The molecule has 1 N–H and O–H groups in total. The molecule has 0 radical (unpaired) electrons. The van der Waals surface area contributed by atoms with Gasteiger partial charge in [0.25, 0.3) is 0 Å². The van der Waals surface area contributed by atoms with Crippen LogP contribution in [0.1, 0.15) is 5.89 Å². The first-order chi connectivity index (χ1) is 5.90. The van der Waals surface area contributed by atoms with Gasteiger partial charge in [0.15, 0.2) is 5.82 Å². The molecule has 2 aromatic rings. The second kappa shape index (κ2) is 2.61. The SMILES string of the molecule is C=Cc1nc(-c2ncc[nH]2)no1. The van der Waals surface area contributed by atoms with Crippen molar-refractivity contribution >= 4 is 6.08 Å². The van der Waals surface area contributed by atoms with Crippen LogP contribution >= 0.6 is 0 Å². The molecule has 2 rings (SSSR count). The summed E-state index contributed by atoms with van der Waals surface area (Å²) in [5, 5.41) is 3.68. The normalized spacial score (nSPS) is 10.0. The minimum atomic E-state index is 0.390. The molecule has 0 bridgehead atoms. The van der Waals surface area contributed by atoms with Crippen molar-refractivity contribution in [3.63, 3.8) is 0 Å².